The lowest BCUT2D eigenvalue weighted by atomic mass is 10.3. The fourth-order valence-corrected chi connectivity index (χ4v) is 1.95. The molecule has 7 heteroatoms. The molecule has 0 saturated heterocycles. The van der Waals surface area contributed by atoms with Gasteiger partial charge in [-0.05, 0) is 17.8 Å². The Balaban J connectivity index is 1.84. The number of hydrogen-bond donors (Lipinski definition) is 1. The predicted octanol–water partition coefficient (Wildman–Crippen LogP) is 1.15. The number of nitrogens with one attached hydrogen (secondary N) is 1. The zero-order chi connectivity index (χ0) is 13.3. The molecule has 6 nitrogen and oxygen atoms in total. The van der Waals surface area contributed by atoms with Gasteiger partial charge in [0.25, 0.3) is 0 Å². The summed E-state index contributed by atoms with van der Waals surface area (Å²) in [6.07, 6.45) is 6.84. The number of rotatable bonds is 7. The zero-order valence-corrected chi connectivity index (χ0v) is 11.4. The summed E-state index contributed by atoms with van der Waals surface area (Å²) in [4.78, 5) is 16.6. The lowest BCUT2D eigenvalue weighted by Crippen LogP contribution is -2.18. The molecule has 0 atom stereocenters. The van der Waals surface area contributed by atoms with Crippen LogP contribution in [0.25, 0.3) is 0 Å². The molecule has 2 aromatic rings. The highest BCUT2D eigenvalue weighted by Crippen LogP contribution is 2.20. The van der Waals surface area contributed by atoms with Crippen LogP contribution in [-0.4, -0.2) is 40.2 Å². The largest absolute Gasteiger partial charge is 0.383 e. The van der Waals surface area contributed by atoms with Gasteiger partial charge in [-0.15, -0.1) is 0 Å². The van der Waals surface area contributed by atoms with E-state index in [0.717, 1.165) is 23.7 Å². The third-order valence-electron chi connectivity index (χ3n) is 2.24. The van der Waals surface area contributed by atoms with Crippen LogP contribution in [-0.2, 0) is 11.3 Å². The van der Waals surface area contributed by atoms with E-state index in [1.54, 1.807) is 13.3 Å². The number of aromatic nitrogens is 4. The van der Waals surface area contributed by atoms with Crippen LogP contribution in [0.4, 0.5) is 0 Å². The van der Waals surface area contributed by atoms with Crippen molar-refractivity contribution in [1.82, 2.24) is 25.3 Å². The van der Waals surface area contributed by atoms with Crippen LogP contribution in [0.5, 0.6) is 0 Å². The topological polar surface area (TPSA) is 72.8 Å². The molecule has 0 unspecified atom stereocenters. The zero-order valence-electron chi connectivity index (χ0n) is 10.6. The third-order valence-corrected chi connectivity index (χ3v) is 3.09. The van der Waals surface area contributed by atoms with E-state index in [4.69, 9.17) is 4.74 Å². The minimum Gasteiger partial charge on any atom is -0.383 e. The molecule has 2 heterocycles. The van der Waals surface area contributed by atoms with Gasteiger partial charge < -0.3 is 10.1 Å². The van der Waals surface area contributed by atoms with Gasteiger partial charge in [0.1, 0.15) is 11.4 Å². The van der Waals surface area contributed by atoms with Crippen LogP contribution in [0.3, 0.4) is 0 Å². The van der Waals surface area contributed by atoms with Gasteiger partial charge in [-0.1, -0.05) is 0 Å². The van der Waals surface area contributed by atoms with Crippen LogP contribution >= 0.6 is 11.8 Å². The molecule has 100 valence electrons. The molecule has 2 aromatic heterocycles. The van der Waals surface area contributed by atoms with Crippen molar-refractivity contribution in [2.75, 3.05) is 20.3 Å². The molecule has 0 aliphatic heterocycles. The van der Waals surface area contributed by atoms with E-state index < -0.39 is 0 Å². The fraction of sp³-hybridized carbons (Fsp3) is 0.333. The Bertz CT molecular complexity index is 479. The summed E-state index contributed by atoms with van der Waals surface area (Å²) in [6, 6.07) is 1.83. The molecule has 19 heavy (non-hydrogen) atoms. The molecule has 0 amide bonds. The summed E-state index contributed by atoms with van der Waals surface area (Å²) in [5.41, 5.74) is 1.04. The minimum atomic E-state index is 0.680. The minimum absolute atomic E-state index is 0.680. The maximum absolute atomic E-state index is 4.96. The lowest BCUT2D eigenvalue weighted by molar-refractivity contribution is 0.199. The highest BCUT2D eigenvalue weighted by molar-refractivity contribution is 7.99. The second-order valence-corrected chi connectivity index (χ2v) is 4.68. The van der Waals surface area contributed by atoms with Gasteiger partial charge in [0.05, 0.1) is 6.61 Å². The Hall–Kier alpha value is -1.57. The second kappa shape index (κ2) is 7.78. The molecular weight excluding hydrogens is 262 g/mol. The van der Waals surface area contributed by atoms with Gasteiger partial charge >= 0.3 is 0 Å². The normalized spacial score (nSPS) is 10.6. The van der Waals surface area contributed by atoms with E-state index in [1.807, 2.05) is 18.5 Å². The Kier molecular flexibility index (Phi) is 5.67. The van der Waals surface area contributed by atoms with E-state index in [-0.39, 0.29) is 0 Å². The van der Waals surface area contributed by atoms with Gasteiger partial charge in [0, 0.05) is 44.4 Å². The first kappa shape index (κ1) is 13.9. The van der Waals surface area contributed by atoms with Gasteiger partial charge in [0.2, 0.25) is 0 Å². The average Bonchev–Trinajstić information content (AvgIpc) is 2.46. The second-order valence-electron chi connectivity index (χ2n) is 3.69. The smallest absolute Gasteiger partial charge is 0.193 e. The lowest BCUT2D eigenvalue weighted by Gasteiger charge is -2.04. The molecule has 0 aliphatic carbocycles. The summed E-state index contributed by atoms with van der Waals surface area (Å²) in [5, 5.41) is 4.75. The molecule has 0 aromatic carbocycles. The van der Waals surface area contributed by atoms with Crippen molar-refractivity contribution in [2.24, 2.45) is 0 Å². The van der Waals surface area contributed by atoms with Crippen molar-refractivity contribution in [3.05, 3.63) is 36.5 Å². The van der Waals surface area contributed by atoms with Crippen LogP contribution in [0.1, 0.15) is 5.56 Å². The van der Waals surface area contributed by atoms with E-state index in [0.29, 0.717) is 11.8 Å². The molecular formula is C12H15N5OS. The van der Waals surface area contributed by atoms with Gasteiger partial charge in [-0.3, -0.25) is 0 Å². The first-order valence-corrected chi connectivity index (χ1v) is 6.64. The Morgan fingerprint density at radius 3 is 2.79 bits per heavy atom. The first-order chi connectivity index (χ1) is 9.38. The molecule has 0 bridgehead atoms. The van der Waals surface area contributed by atoms with Crippen molar-refractivity contribution in [3.63, 3.8) is 0 Å². The quantitative estimate of drug-likeness (QED) is 0.462. The highest BCUT2D eigenvalue weighted by Gasteiger charge is 2.01. The molecule has 2 rings (SSSR count). The van der Waals surface area contributed by atoms with Crippen molar-refractivity contribution < 1.29 is 4.74 Å². The molecule has 0 radical (unpaired) electrons. The average molecular weight is 277 g/mol. The Labute approximate surface area is 116 Å². The van der Waals surface area contributed by atoms with Crippen LogP contribution in [0.15, 0.2) is 41.2 Å². The highest BCUT2D eigenvalue weighted by atomic mass is 32.2. The number of ether oxygens (including phenoxy) is 1. The molecule has 0 aliphatic rings. The molecule has 0 spiro atoms. The SMILES string of the molecule is COCCNCc1cnc(Sc2ccncn2)nc1. The summed E-state index contributed by atoms with van der Waals surface area (Å²) in [7, 11) is 1.68. The molecule has 1 N–H and O–H groups in total. The predicted molar refractivity (Wildman–Crippen MR) is 71.8 cm³/mol. The summed E-state index contributed by atoms with van der Waals surface area (Å²) in [5.74, 6) is 0. The van der Waals surface area contributed by atoms with Gasteiger partial charge in [0.15, 0.2) is 5.16 Å². The van der Waals surface area contributed by atoms with Crippen LogP contribution in [0, 0.1) is 0 Å². The summed E-state index contributed by atoms with van der Waals surface area (Å²) < 4.78 is 4.96. The standard InChI is InChI=1S/C12H15N5OS/c1-18-5-4-13-6-10-7-15-12(16-8-10)19-11-2-3-14-9-17-11/h2-3,7-9,13H,4-6H2,1H3. The van der Waals surface area contributed by atoms with E-state index in [9.17, 15) is 0 Å². The first-order valence-electron chi connectivity index (χ1n) is 5.83. The van der Waals surface area contributed by atoms with Crippen LogP contribution in [0.2, 0.25) is 0 Å². The molecule has 0 saturated carbocycles. The van der Waals surface area contributed by atoms with Crippen LogP contribution < -0.4 is 5.32 Å². The molecule has 0 fully saturated rings. The third kappa shape index (κ3) is 4.90. The Morgan fingerprint density at radius 2 is 2.11 bits per heavy atom. The fourth-order valence-electron chi connectivity index (χ4n) is 1.33. The van der Waals surface area contributed by atoms with Crippen molar-refractivity contribution in [3.8, 4) is 0 Å². The van der Waals surface area contributed by atoms with E-state index in [1.165, 1.54) is 18.1 Å². The maximum atomic E-state index is 4.96. The number of nitrogens with zero attached hydrogens (tertiary/aromatic N) is 4. The summed E-state index contributed by atoms with van der Waals surface area (Å²) >= 11 is 1.41. The van der Waals surface area contributed by atoms with Crippen molar-refractivity contribution in [1.29, 1.82) is 0 Å². The van der Waals surface area contributed by atoms with Gasteiger partial charge in [-0.2, -0.15) is 0 Å². The van der Waals surface area contributed by atoms with Crippen molar-refractivity contribution in [2.45, 2.75) is 16.7 Å². The van der Waals surface area contributed by atoms with E-state index >= 15 is 0 Å². The Morgan fingerprint density at radius 1 is 1.26 bits per heavy atom. The number of hydrogen-bond acceptors (Lipinski definition) is 7. The van der Waals surface area contributed by atoms with Gasteiger partial charge in [-0.25, -0.2) is 19.9 Å². The van der Waals surface area contributed by atoms with E-state index in [2.05, 4.69) is 25.3 Å². The monoisotopic (exact) mass is 277 g/mol. The number of methoxy groups -OCH3 is 1. The summed E-state index contributed by atoms with van der Waals surface area (Å²) in [6.45, 7) is 2.25. The maximum Gasteiger partial charge on any atom is 0.193 e. The van der Waals surface area contributed by atoms with Crippen molar-refractivity contribution >= 4 is 11.8 Å².